The highest BCUT2D eigenvalue weighted by atomic mass is 32.2. The maximum Gasteiger partial charge on any atom is 0.394 e. The highest BCUT2D eigenvalue weighted by molar-refractivity contribution is 7.91. The van der Waals surface area contributed by atoms with Gasteiger partial charge in [-0.2, -0.15) is 0 Å². The highest BCUT2D eigenvalue weighted by Crippen LogP contribution is 2.03. The first-order chi connectivity index (χ1) is 5.92. The van der Waals surface area contributed by atoms with Crippen LogP contribution >= 0.6 is 0 Å². The van der Waals surface area contributed by atoms with Crippen LogP contribution in [0.5, 0.6) is 0 Å². The summed E-state index contributed by atoms with van der Waals surface area (Å²) in [6, 6.07) is 0. The van der Waals surface area contributed by atoms with Crippen LogP contribution in [0.1, 0.15) is 0 Å². The molecule has 7 heteroatoms. The van der Waals surface area contributed by atoms with E-state index in [1.54, 1.807) is 0 Å². The Bertz CT molecular complexity index is 319. The number of sulfone groups is 1. The van der Waals surface area contributed by atoms with E-state index in [0.717, 1.165) is 4.90 Å². The van der Waals surface area contributed by atoms with Gasteiger partial charge < -0.3 is 10.0 Å². The predicted molar refractivity (Wildman–Crippen MR) is 42.9 cm³/mol. The van der Waals surface area contributed by atoms with Crippen LogP contribution in [0.15, 0.2) is 0 Å². The maximum atomic E-state index is 10.9. The fourth-order valence-electron chi connectivity index (χ4n) is 1.05. The van der Waals surface area contributed by atoms with Crippen molar-refractivity contribution < 1.29 is 23.1 Å². The molecule has 13 heavy (non-hydrogen) atoms. The summed E-state index contributed by atoms with van der Waals surface area (Å²) in [7, 11) is -3.06. The first kappa shape index (κ1) is 9.97. The van der Waals surface area contributed by atoms with Crippen molar-refractivity contribution in [1.82, 2.24) is 4.90 Å². The SMILES string of the molecule is O=C(O)C(=O)N1CCS(=O)(=O)CC1. The van der Waals surface area contributed by atoms with Gasteiger partial charge in [-0.1, -0.05) is 0 Å². The molecule has 0 radical (unpaired) electrons. The van der Waals surface area contributed by atoms with Gasteiger partial charge in [0.05, 0.1) is 11.5 Å². The van der Waals surface area contributed by atoms with Gasteiger partial charge in [-0.3, -0.25) is 4.79 Å². The average molecular weight is 207 g/mol. The predicted octanol–water partition coefficient (Wildman–Crippen LogP) is -1.67. The molecule has 0 atom stereocenters. The van der Waals surface area contributed by atoms with Crippen LogP contribution in [0.2, 0.25) is 0 Å². The molecule has 0 spiro atoms. The third-order valence-corrected chi connectivity index (χ3v) is 3.42. The van der Waals surface area contributed by atoms with Crippen LogP contribution < -0.4 is 0 Å². The lowest BCUT2D eigenvalue weighted by Crippen LogP contribution is -2.46. The molecule has 1 N–H and O–H groups in total. The first-order valence-electron chi connectivity index (χ1n) is 3.65. The van der Waals surface area contributed by atoms with Crippen LogP contribution in [0.4, 0.5) is 0 Å². The molecule has 0 saturated carbocycles. The van der Waals surface area contributed by atoms with E-state index >= 15 is 0 Å². The molecular weight excluding hydrogens is 198 g/mol. The molecule has 0 aromatic carbocycles. The van der Waals surface area contributed by atoms with E-state index in [2.05, 4.69) is 0 Å². The normalized spacial score (nSPS) is 21.1. The van der Waals surface area contributed by atoms with Gasteiger partial charge in [0.2, 0.25) is 0 Å². The molecule has 6 nitrogen and oxygen atoms in total. The van der Waals surface area contributed by atoms with Crippen molar-refractivity contribution in [1.29, 1.82) is 0 Å². The Labute approximate surface area is 75.1 Å². The Balaban J connectivity index is 2.60. The van der Waals surface area contributed by atoms with Crippen LogP contribution in [0.25, 0.3) is 0 Å². The molecule has 1 fully saturated rings. The number of amides is 1. The van der Waals surface area contributed by atoms with Crippen molar-refractivity contribution >= 4 is 21.7 Å². The summed E-state index contributed by atoms with van der Waals surface area (Å²) in [6.07, 6.45) is 0. The van der Waals surface area contributed by atoms with Gasteiger partial charge in [-0.25, -0.2) is 13.2 Å². The van der Waals surface area contributed by atoms with Gasteiger partial charge in [0.15, 0.2) is 9.84 Å². The third-order valence-electron chi connectivity index (χ3n) is 1.81. The van der Waals surface area contributed by atoms with Gasteiger partial charge in [0.25, 0.3) is 0 Å². The number of rotatable bonds is 0. The van der Waals surface area contributed by atoms with Gasteiger partial charge in [0.1, 0.15) is 0 Å². The second-order valence-corrected chi connectivity index (χ2v) is 5.05. The summed E-state index contributed by atoms with van der Waals surface area (Å²) < 4.78 is 21.8. The highest BCUT2D eigenvalue weighted by Gasteiger charge is 2.28. The molecule has 0 aliphatic carbocycles. The number of aliphatic carboxylic acids is 1. The smallest absolute Gasteiger partial charge is 0.394 e. The van der Waals surface area contributed by atoms with E-state index in [-0.39, 0.29) is 24.6 Å². The van der Waals surface area contributed by atoms with Crippen molar-refractivity contribution in [2.45, 2.75) is 0 Å². The van der Waals surface area contributed by atoms with Crippen LogP contribution in [0.3, 0.4) is 0 Å². The fraction of sp³-hybridized carbons (Fsp3) is 0.667. The topological polar surface area (TPSA) is 91.8 Å². The summed E-state index contributed by atoms with van der Waals surface area (Å²) in [5.41, 5.74) is 0. The summed E-state index contributed by atoms with van der Waals surface area (Å²) in [5, 5.41) is 8.32. The molecule has 0 aromatic rings. The molecule has 1 aliphatic heterocycles. The summed E-state index contributed by atoms with van der Waals surface area (Å²) in [6.45, 7) is -0.0407. The first-order valence-corrected chi connectivity index (χ1v) is 5.47. The van der Waals surface area contributed by atoms with Gasteiger partial charge in [-0.05, 0) is 0 Å². The van der Waals surface area contributed by atoms with Gasteiger partial charge in [-0.15, -0.1) is 0 Å². The molecule has 1 rings (SSSR count). The fourth-order valence-corrected chi connectivity index (χ4v) is 2.25. The monoisotopic (exact) mass is 207 g/mol. The molecule has 0 aromatic heterocycles. The van der Waals surface area contributed by atoms with Gasteiger partial charge >= 0.3 is 11.9 Å². The standard InChI is InChI=1S/C6H9NO5S/c8-5(6(9)10)7-1-3-13(11,12)4-2-7/h1-4H2,(H,9,10). The largest absolute Gasteiger partial charge is 0.474 e. The minimum Gasteiger partial charge on any atom is -0.474 e. The molecule has 1 amide bonds. The van der Waals surface area contributed by atoms with E-state index in [1.807, 2.05) is 0 Å². The van der Waals surface area contributed by atoms with Crippen molar-refractivity contribution in [3.63, 3.8) is 0 Å². The lowest BCUT2D eigenvalue weighted by molar-refractivity contribution is -0.155. The van der Waals surface area contributed by atoms with Crippen molar-refractivity contribution in [2.75, 3.05) is 24.6 Å². The van der Waals surface area contributed by atoms with Crippen molar-refractivity contribution in [2.24, 2.45) is 0 Å². The lowest BCUT2D eigenvalue weighted by Gasteiger charge is -2.24. The van der Waals surface area contributed by atoms with Crippen molar-refractivity contribution in [3.05, 3.63) is 0 Å². The minimum atomic E-state index is -3.06. The Morgan fingerprint density at radius 3 is 2.00 bits per heavy atom. The zero-order chi connectivity index (χ0) is 10.1. The summed E-state index contributed by atoms with van der Waals surface area (Å²) in [5.74, 6) is -2.87. The van der Waals surface area contributed by atoms with E-state index in [9.17, 15) is 18.0 Å². The lowest BCUT2D eigenvalue weighted by atomic mass is 10.4. The number of nitrogens with zero attached hydrogens (tertiary/aromatic N) is 1. The second-order valence-electron chi connectivity index (χ2n) is 2.75. The van der Waals surface area contributed by atoms with E-state index in [1.165, 1.54) is 0 Å². The summed E-state index contributed by atoms with van der Waals surface area (Å²) in [4.78, 5) is 22.1. The molecule has 1 aliphatic rings. The Morgan fingerprint density at radius 1 is 1.15 bits per heavy atom. The quantitative estimate of drug-likeness (QED) is 0.479. The number of carbonyl (C=O) groups excluding carboxylic acids is 1. The number of carboxylic acid groups (broad SMARTS) is 1. The number of carboxylic acids is 1. The Hall–Kier alpha value is -1.11. The zero-order valence-corrected chi connectivity index (χ0v) is 7.58. The minimum absolute atomic E-state index is 0.0204. The summed E-state index contributed by atoms with van der Waals surface area (Å²) >= 11 is 0. The van der Waals surface area contributed by atoms with Gasteiger partial charge in [0, 0.05) is 13.1 Å². The van der Waals surface area contributed by atoms with Crippen LogP contribution in [-0.4, -0.2) is 54.9 Å². The Morgan fingerprint density at radius 2 is 1.62 bits per heavy atom. The third kappa shape index (κ3) is 2.41. The molecule has 1 heterocycles. The van der Waals surface area contributed by atoms with E-state index in [0.29, 0.717) is 0 Å². The van der Waals surface area contributed by atoms with E-state index in [4.69, 9.17) is 5.11 Å². The van der Waals surface area contributed by atoms with Crippen LogP contribution in [-0.2, 0) is 19.4 Å². The molecule has 0 unspecified atom stereocenters. The number of hydrogen-bond acceptors (Lipinski definition) is 4. The molecule has 1 saturated heterocycles. The van der Waals surface area contributed by atoms with Crippen molar-refractivity contribution in [3.8, 4) is 0 Å². The zero-order valence-electron chi connectivity index (χ0n) is 6.76. The molecular formula is C6H9NO5S. The average Bonchev–Trinajstić information content (AvgIpc) is 2.03. The van der Waals surface area contributed by atoms with E-state index < -0.39 is 21.7 Å². The second kappa shape index (κ2) is 3.33. The maximum absolute atomic E-state index is 10.9. The Kier molecular flexibility index (Phi) is 2.55. The molecule has 0 bridgehead atoms. The number of hydrogen-bond donors (Lipinski definition) is 1. The number of carbonyl (C=O) groups is 2. The molecule has 74 valence electrons. The van der Waals surface area contributed by atoms with Crippen LogP contribution in [0, 0.1) is 0 Å².